The molecule has 0 amide bonds. The topological polar surface area (TPSA) is 77.3 Å². The van der Waals surface area contributed by atoms with Crippen molar-refractivity contribution in [2.45, 2.75) is 77.0 Å². The lowest BCUT2D eigenvalue weighted by Crippen LogP contribution is -2.43. The summed E-state index contributed by atoms with van der Waals surface area (Å²) >= 11 is 0. The van der Waals surface area contributed by atoms with Gasteiger partial charge in [0.05, 0.1) is 0 Å². The number of fused-ring (bicyclic) bond motifs is 6. The first-order valence-electron chi connectivity index (χ1n) is 41.5. The number of hydrogen-bond donors (Lipinski definition) is 0. The molecular weight excluding hydrogens is 1450 g/mol. The van der Waals surface area contributed by atoms with Crippen molar-refractivity contribution in [2.24, 2.45) is 0 Å². The molecule has 0 unspecified atom stereocenters. The first kappa shape index (κ1) is 75.6. The van der Waals surface area contributed by atoms with Crippen LogP contribution in [-0.2, 0) is 21.7 Å². The van der Waals surface area contributed by atoms with Crippen molar-refractivity contribution in [2.75, 3.05) is 0 Å². The Bertz CT molecular complexity index is 6760. The van der Waals surface area contributed by atoms with Crippen LogP contribution in [0.1, 0.15) is 77.6 Å². The Morgan fingerprint density at radius 2 is 0.342 bits per heavy atom. The number of hydrogen-bond acceptors (Lipinski definition) is 6. The fraction of sp³-hybridized carbons (Fsp3) is 0.105. The van der Waals surface area contributed by atoms with E-state index in [1.807, 2.05) is 121 Å². The molecular formula is C114H90N6. The Morgan fingerprint density at radius 3 is 0.717 bits per heavy atom. The molecule has 0 spiro atoms. The van der Waals surface area contributed by atoms with E-state index in [4.69, 9.17) is 29.9 Å². The second kappa shape index (κ2) is 31.2. The molecule has 0 fully saturated rings. The van der Waals surface area contributed by atoms with Crippen LogP contribution in [0.15, 0.2) is 400 Å². The van der Waals surface area contributed by atoms with Crippen LogP contribution in [0.25, 0.3) is 180 Å². The molecule has 0 saturated heterocycles. The van der Waals surface area contributed by atoms with E-state index in [1.54, 1.807) is 0 Å². The van der Waals surface area contributed by atoms with E-state index in [9.17, 15) is 0 Å². The summed E-state index contributed by atoms with van der Waals surface area (Å²) in [6.45, 7) is 19.3. The lowest BCUT2D eigenvalue weighted by atomic mass is 9.55. The minimum Gasteiger partial charge on any atom is -0.208 e. The van der Waals surface area contributed by atoms with Crippen LogP contribution in [0.3, 0.4) is 0 Å². The van der Waals surface area contributed by atoms with Gasteiger partial charge in [0.25, 0.3) is 0 Å². The van der Waals surface area contributed by atoms with E-state index in [0.29, 0.717) is 34.9 Å². The van der Waals surface area contributed by atoms with Gasteiger partial charge in [-0.25, -0.2) is 29.9 Å². The van der Waals surface area contributed by atoms with Crippen molar-refractivity contribution in [1.82, 2.24) is 29.9 Å². The molecule has 20 rings (SSSR count). The van der Waals surface area contributed by atoms with Gasteiger partial charge in [-0.15, -0.1) is 0 Å². The first-order chi connectivity index (χ1) is 58.5. The summed E-state index contributed by atoms with van der Waals surface area (Å²) in [5.41, 5.74) is 35.0. The second-order valence-electron chi connectivity index (χ2n) is 33.8. The highest BCUT2D eigenvalue weighted by Gasteiger charge is 2.48. The van der Waals surface area contributed by atoms with Crippen LogP contribution in [0, 0.1) is 0 Å². The van der Waals surface area contributed by atoms with Gasteiger partial charge in [0.15, 0.2) is 34.9 Å². The maximum atomic E-state index is 5.08. The van der Waals surface area contributed by atoms with Gasteiger partial charge in [-0.2, -0.15) is 0 Å². The summed E-state index contributed by atoms with van der Waals surface area (Å²) in [4.78, 5) is 30.1. The lowest BCUT2D eigenvalue weighted by molar-refractivity contribution is 0.299. The molecule has 6 nitrogen and oxygen atoms in total. The van der Waals surface area contributed by atoms with Crippen LogP contribution < -0.4 is 0 Å². The Balaban J connectivity index is 0.000000159. The van der Waals surface area contributed by atoms with Gasteiger partial charge in [0, 0.05) is 33.4 Å². The Kier molecular flexibility index (Phi) is 19.6. The zero-order valence-electron chi connectivity index (χ0n) is 68.8. The average Bonchev–Trinajstić information content (AvgIpc) is 0.712. The van der Waals surface area contributed by atoms with Gasteiger partial charge in [-0.1, -0.05) is 407 Å². The summed E-state index contributed by atoms with van der Waals surface area (Å²) in [6, 6.07) is 143. The fourth-order valence-electron chi connectivity index (χ4n) is 17.8. The van der Waals surface area contributed by atoms with Crippen molar-refractivity contribution in [3.63, 3.8) is 0 Å². The van der Waals surface area contributed by atoms with Gasteiger partial charge in [-0.3, -0.25) is 0 Å². The Labute approximate surface area is 704 Å². The van der Waals surface area contributed by atoms with Crippen molar-refractivity contribution in [3.05, 3.63) is 423 Å². The van der Waals surface area contributed by atoms with Gasteiger partial charge in [-0.05, 0) is 204 Å². The van der Waals surface area contributed by atoms with E-state index in [0.717, 1.165) is 55.6 Å². The Hall–Kier alpha value is -14.5. The molecule has 0 radical (unpaired) electrons. The maximum absolute atomic E-state index is 5.08. The average molecular weight is 1540 g/mol. The minimum atomic E-state index is -0.138. The molecule has 0 saturated carbocycles. The number of nitrogens with zero attached hydrogens (tertiary/aromatic N) is 6. The van der Waals surface area contributed by atoms with Gasteiger partial charge >= 0.3 is 0 Å². The van der Waals surface area contributed by atoms with E-state index in [-0.39, 0.29) is 21.7 Å². The van der Waals surface area contributed by atoms with Gasteiger partial charge in [0.1, 0.15) is 0 Å². The zero-order valence-corrected chi connectivity index (χ0v) is 68.8. The third kappa shape index (κ3) is 14.1. The minimum absolute atomic E-state index is 0.110. The second-order valence-corrected chi connectivity index (χ2v) is 33.8. The van der Waals surface area contributed by atoms with E-state index in [2.05, 4.69) is 334 Å². The molecule has 0 aliphatic heterocycles. The molecule has 2 aliphatic carbocycles. The highest BCUT2D eigenvalue weighted by atomic mass is 15.0. The molecule has 0 N–H and O–H groups in total. The Morgan fingerprint density at radius 1 is 0.125 bits per heavy atom. The molecule has 18 aromatic rings. The summed E-state index contributed by atoms with van der Waals surface area (Å²) in [6.07, 6.45) is 0. The molecule has 2 heterocycles. The highest BCUT2D eigenvalue weighted by molar-refractivity contribution is 5.92. The lowest BCUT2D eigenvalue weighted by Gasteiger charge is -2.48. The van der Waals surface area contributed by atoms with Crippen LogP contribution in [0.4, 0.5) is 0 Å². The van der Waals surface area contributed by atoms with Crippen LogP contribution in [0.2, 0.25) is 0 Å². The van der Waals surface area contributed by atoms with Crippen molar-refractivity contribution < 1.29 is 0 Å². The SMILES string of the molecule is CC1(C)c2ccc(-c3cccc(-c4ccccc4)c3)cc2-c2ccc(-c3cccc(-c4ccccc4-c4nc(-c5ccccc5)nc(-c5ccccc5)n4)c3)cc2C1(C)C.CC1(C)c2ccc(-c3cccc(-c4ccccc4)c3)cc2-c2ccc(-c3ccccc3-c3cccc(-c4nc(-c5ccccc5)nc(-c5ccccc5)n4)c3)cc2C1(C)C. The zero-order chi connectivity index (χ0) is 81.7. The molecule has 2 aliphatic rings. The molecule has 0 bridgehead atoms. The third-order valence-corrected chi connectivity index (χ3v) is 25.8. The predicted molar refractivity (Wildman–Crippen MR) is 499 cm³/mol. The van der Waals surface area contributed by atoms with Crippen LogP contribution in [-0.4, -0.2) is 29.9 Å². The first-order valence-corrected chi connectivity index (χ1v) is 41.5. The van der Waals surface area contributed by atoms with Crippen molar-refractivity contribution >= 4 is 0 Å². The maximum Gasteiger partial charge on any atom is 0.164 e. The van der Waals surface area contributed by atoms with Gasteiger partial charge in [0.2, 0.25) is 0 Å². The normalized spacial score (nSPS) is 13.6. The molecule has 6 heteroatoms. The highest BCUT2D eigenvalue weighted by Crippen LogP contribution is 2.58. The van der Waals surface area contributed by atoms with E-state index in [1.165, 1.54) is 111 Å². The van der Waals surface area contributed by atoms with E-state index < -0.39 is 0 Å². The predicted octanol–water partition coefficient (Wildman–Crippen LogP) is 29.6. The van der Waals surface area contributed by atoms with Crippen LogP contribution >= 0.6 is 0 Å². The summed E-state index contributed by atoms with van der Waals surface area (Å²) in [5.74, 6) is 3.89. The fourth-order valence-corrected chi connectivity index (χ4v) is 17.8. The van der Waals surface area contributed by atoms with Crippen molar-refractivity contribution in [1.29, 1.82) is 0 Å². The smallest absolute Gasteiger partial charge is 0.164 e. The monoisotopic (exact) mass is 1540 g/mol. The van der Waals surface area contributed by atoms with E-state index >= 15 is 0 Å². The number of aromatic nitrogens is 6. The van der Waals surface area contributed by atoms with Crippen LogP contribution in [0.5, 0.6) is 0 Å². The summed E-state index contributed by atoms with van der Waals surface area (Å²) < 4.78 is 0. The molecule has 2 aromatic heterocycles. The molecule has 0 atom stereocenters. The van der Waals surface area contributed by atoms with Crippen molar-refractivity contribution in [3.8, 4) is 180 Å². The molecule has 16 aromatic carbocycles. The molecule has 576 valence electrons. The third-order valence-electron chi connectivity index (χ3n) is 25.8. The number of rotatable bonds is 14. The molecule has 120 heavy (non-hydrogen) atoms. The van der Waals surface area contributed by atoms with Gasteiger partial charge < -0.3 is 0 Å². The largest absolute Gasteiger partial charge is 0.208 e. The number of benzene rings is 16. The summed E-state index contributed by atoms with van der Waals surface area (Å²) in [5, 5.41) is 0. The quantitative estimate of drug-likeness (QED) is 0.108. The standard InChI is InChI=1S/2C57H45N3/c1-56(2)51-33-31-43(42-25-16-24-41(34-42)38-18-8-5-9-19-38)36-50(51)49-32-30-45(37-52(49)57(56,3)4)48-29-15-14-28-47(48)44-26-17-27-46(35-44)55-59-53(39-20-10-6-11-21-39)58-54(60-55)40-22-12-7-13-23-40;1-56(2)51-33-31-44(42-25-16-24-41(34-42)38-18-8-5-9-19-38)36-50(51)48-32-30-45(37-52(48)57(56,3)4)43-26-17-27-46(35-43)47-28-14-15-29-49(47)55-59-53(39-20-10-6-11-21-39)58-54(60-55)40-22-12-7-13-23-40/h2*5-37H,1-4H3. The summed E-state index contributed by atoms with van der Waals surface area (Å²) in [7, 11) is 0.